The van der Waals surface area contributed by atoms with Crippen molar-refractivity contribution in [2.45, 2.75) is 31.7 Å². The van der Waals surface area contributed by atoms with Crippen LogP contribution in [-0.2, 0) is 14.3 Å². The molecule has 33 heavy (non-hydrogen) atoms. The molecule has 3 amide bonds. The Morgan fingerprint density at radius 2 is 1.64 bits per heavy atom. The summed E-state index contributed by atoms with van der Waals surface area (Å²) in [5.41, 5.74) is 1.21. The third-order valence-electron chi connectivity index (χ3n) is 5.15. The number of benzene rings is 2. The van der Waals surface area contributed by atoms with Crippen LogP contribution in [0.5, 0.6) is 0 Å². The standard InChI is InChI=1S/C24H24N2O6S/c1-13(2)21(26-22(29)16-7-5-6-8-17(16)23(26)30)24(31)32-12-19(28)15-9-10-20(33-4)18(11-15)25-14(3)27/h5-11,13,21H,12H2,1-4H3,(H,25,27)/t21-/m0/s1. The molecule has 172 valence electrons. The van der Waals surface area contributed by atoms with Crippen molar-refractivity contribution in [1.82, 2.24) is 4.90 Å². The Hall–Kier alpha value is -3.46. The minimum atomic E-state index is -1.17. The Bertz CT molecular complexity index is 1110. The number of ether oxygens (including phenoxy) is 1. The van der Waals surface area contributed by atoms with Crippen molar-refractivity contribution < 1.29 is 28.7 Å². The number of anilines is 1. The topological polar surface area (TPSA) is 110 Å². The number of esters is 1. The lowest BCUT2D eigenvalue weighted by Gasteiger charge is -2.27. The first-order chi connectivity index (χ1) is 15.6. The van der Waals surface area contributed by atoms with Crippen LogP contribution in [0, 0.1) is 5.92 Å². The number of nitrogens with zero attached hydrogens (tertiary/aromatic N) is 1. The van der Waals surface area contributed by atoms with Crippen LogP contribution >= 0.6 is 11.8 Å². The Kier molecular flexibility index (Phi) is 7.33. The highest BCUT2D eigenvalue weighted by Gasteiger charge is 2.44. The van der Waals surface area contributed by atoms with Gasteiger partial charge in [0.2, 0.25) is 5.91 Å². The average Bonchev–Trinajstić information content (AvgIpc) is 3.02. The maximum Gasteiger partial charge on any atom is 0.330 e. The minimum absolute atomic E-state index is 0.233. The zero-order valence-electron chi connectivity index (χ0n) is 18.7. The van der Waals surface area contributed by atoms with E-state index in [1.165, 1.54) is 36.9 Å². The first kappa shape index (κ1) is 24.2. The molecule has 3 rings (SSSR count). The van der Waals surface area contributed by atoms with E-state index in [2.05, 4.69) is 5.32 Å². The molecule has 0 bridgehead atoms. The summed E-state index contributed by atoms with van der Waals surface area (Å²) in [7, 11) is 0. The van der Waals surface area contributed by atoms with Gasteiger partial charge in [-0.2, -0.15) is 0 Å². The molecule has 0 spiro atoms. The summed E-state index contributed by atoms with van der Waals surface area (Å²) in [5.74, 6) is -3.15. The second-order valence-corrected chi connectivity index (χ2v) is 8.69. The molecule has 1 aliphatic rings. The van der Waals surface area contributed by atoms with Crippen molar-refractivity contribution >= 4 is 46.9 Å². The van der Waals surface area contributed by atoms with Gasteiger partial charge in [-0.05, 0) is 36.4 Å². The van der Waals surface area contributed by atoms with Crippen molar-refractivity contribution in [1.29, 1.82) is 0 Å². The molecule has 1 atom stereocenters. The average molecular weight is 469 g/mol. The highest BCUT2D eigenvalue weighted by molar-refractivity contribution is 7.98. The molecule has 0 saturated heterocycles. The van der Waals surface area contributed by atoms with E-state index >= 15 is 0 Å². The lowest BCUT2D eigenvalue weighted by atomic mass is 10.0. The van der Waals surface area contributed by atoms with Gasteiger partial charge in [0.05, 0.1) is 16.8 Å². The summed E-state index contributed by atoms with van der Waals surface area (Å²) in [6, 6.07) is 9.99. The van der Waals surface area contributed by atoms with Crippen LogP contribution in [0.2, 0.25) is 0 Å². The first-order valence-corrected chi connectivity index (χ1v) is 11.5. The lowest BCUT2D eigenvalue weighted by Crippen LogP contribution is -2.49. The quantitative estimate of drug-likeness (QED) is 0.274. The van der Waals surface area contributed by atoms with Gasteiger partial charge in [-0.1, -0.05) is 32.0 Å². The van der Waals surface area contributed by atoms with Crippen LogP contribution < -0.4 is 5.32 Å². The summed E-state index contributed by atoms with van der Waals surface area (Å²) >= 11 is 1.41. The number of hydrogen-bond acceptors (Lipinski definition) is 7. The molecule has 2 aromatic rings. The smallest absolute Gasteiger partial charge is 0.330 e. The largest absolute Gasteiger partial charge is 0.456 e. The zero-order chi connectivity index (χ0) is 24.3. The van der Waals surface area contributed by atoms with Gasteiger partial charge in [0, 0.05) is 17.4 Å². The van der Waals surface area contributed by atoms with E-state index in [1.807, 2.05) is 6.26 Å². The van der Waals surface area contributed by atoms with Gasteiger partial charge in [0.15, 0.2) is 12.4 Å². The summed E-state index contributed by atoms with van der Waals surface area (Å²) in [4.78, 5) is 64.3. The van der Waals surface area contributed by atoms with Crippen LogP contribution in [0.3, 0.4) is 0 Å². The number of rotatable bonds is 8. The fraction of sp³-hybridized carbons (Fsp3) is 0.292. The normalized spacial score (nSPS) is 13.7. The van der Waals surface area contributed by atoms with E-state index in [4.69, 9.17) is 4.74 Å². The minimum Gasteiger partial charge on any atom is -0.456 e. The van der Waals surface area contributed by atoms with Gasteiger partial charge in [0.1, 0.15) is 6.04 Å². The van der Waals surface area contributed by atoms with Crippen LogP contribution in [0.4, 0.5) is 5.69 Å². The van der Waals surface area contributed by atoms with E-state index in [1.54, 1.807) is 38.1 Å². The third-order valence-corrected chi connectivity index (χ3v) is 5.95. The van der Waals surface area contributed by atoms with Crippen LogP contribution in [0.1, 0.15) is 51.8 Å². The SMILES string of the molecule is CSc1ccc(C(=O)COC(=O)[C@H](C(C)C)N2C(=O)c3ccccc3C2=O)cc1NC(C)=O. The third kappa shape index (κ3) is 4.98. The number of nitrogens with one attached hydrogen (secondary N) is 1. The lowest BCUT2D eigenvalue weighted by molar-refractivity contribution is -0.148. The fourth-order valence-corrected chi connectivity index (χ4v) is 4.14. The van der Waals surface area contributed by atoms with E-state index in [0.717, 1.165) is 9.80 Å². The molecule has 0 radical (unpaired) electrons. The van der Waals surface area contributed by atoms with Crippen molar-refractivity contribution in [2.24, 2.45) is 5.92 Å². The maximum absolute atomic E-state index is 12.9. The summed E-state index contributed by atoms with van der Waals surface area (Å²) in [6.07, 6.45) is 1.84. The van der Waals surface area contributed by atoms with Gasteiger partial charge in [-0.15, -0.1) is 11.8 Å². The number of carbonyl (C=O) groups excluding carboxylic acids is 5. The van der Waals surface area contributed by atoms with Crippen molar-refractivity contribution in [2.75, 3.05) is 18.2 Å². The van der Waals surface area contributed by atoms with Gasteiger partial charge >= 0.3 is 5.97 Å². The molecule has 1 heterocycles. The van der Waals surface area contributed by atoms with E-state index in [9.17, 15) is 24.0 Å². The zero-order valence-corrected chi connectivity index (χ0v) is 19.5. The van der Waals surface area contributed by atoms with Gasteiger partial charge in [-0.25, -0.2) is 4.79 Å². The van der Waals surface area contributed by atoms with Gasteiger partial charge in [-0.3, -0.25) is 24.1 Å². The Morgan fingerprint density at radius 1 is 1.03 bits per heavy atom. The summed E-state index contributed by atoms with van der Waals surface area (Å²) in [5, 5.41) is 2.67. The van der Waals surface area contributed by atoms with Crippen molar-refractivity contribution in [3.63, 3.8) is 0 Å². The number of ketones is 1. The molecule has 1 N–H and O–H groups in total. The molecule has 0 aromatic heterocycles. The fourth-order valence-electron chi connectivity index (χ4n) is 3.61. The van der Waals surface area contributed by atoms with E-state index < -0.39 is 42.1 Å². The summed E-state index contributed by atoms with van der Waals surface area (Å²) in [6.45, 7) is 4.19. The number of imide groups is 1. The first-order valence-electron chi connectivity index (χ1n) is 10.3. The molecule has 0 aliphatic carbocycles. The number of amides is 3. The second-order valence-electron chi connectivity index (χ2n) is 7.84. The number of hydrogen-bond donors (Lipinski definition) is 1. The summed E-state index contributed by atoms with van der Waals surface area (Å²) < 4.78 is 5.24. The van der Waals surface area contributed by atoms with Crippen LogP contribution in [0.15, 0.2) is 47.4 Å². The number of thioether (sulfide) groups is 1. The highest BCUT2D eigenvalue weighted by atomic mass is 32.2. The van der Waals surface area contributed by atoms with E-state index in [0.29, 0.717) is 5.69 Å². The van der Waals surface area contributed by atoms with Gasteiger partial charge in [0.25, 0.3) is 11.8 Å². The van der Waals surface area contributed by atoms with Gasteiger partial charge < -0.3 is 10.1 Å². The molecule has 9 heteroatoms. The molecular formula is C24H24N2O6S. The second kappa shape index (κ2) is 9.99. The van der Waals surface area contributed by atoms with Crippen LogP contribution in [-0.4, -0.2) is 53.3 Å². The number of carbonyl (C=O) groups is 5. The Balaban J connectivity index is 1.75. The maximum atomic E-state index is 12.9. The highest BCUT2D eigenvalue weighted by Crippen LogP contribution is 2.29. The Morgan fingerprint density at radius 3 is 2.15 bits per heavy atom. The molecule has 1 aliphatic heterocycles. The van der Waals surface area contributed by atoms with E-state index in [-0.39, 0.29) is 22.6 Å². The number of Topliss-reactive ketones (excluding diaryl/α,β-unsaturated/α-hetero) is 1. The molecule has 8 nitrogen and oxygen atoms in total. The molecule has 2 aromatic carbocycles. The van der Waals surface area contributed by atoms with Crippen LogP contribution in [0.25, 0.3) is 0 Å². The predicted octanol–water partition coefficient (Wildman–Crippen LogP) is 3.41. The monoisotopic (exact) mass is 468 g/mol. The molecule has 0 saturated carbocycles. The number of fused-ring (bicyclic) bond motifs is 1. The predicted molar refractivity (Wildman–Crippen MR) is 123 cm³/mol. The molecular weight excluding hydrogens is 444 g/mol. The molecule has 0 unspecified atom stereocenters. The van der Waals surface area contributed by atoms with Crippen molar-refractivity contribution in [3.05, 3.63) is 59.2 Å². The Labute approximate surface area is 195 Å². The molecule has 0 fully saturated rings. The van der Waals surface area contributed by atoms with Crippen molar-refractivity contribution in [3.8, 4) is 0 Å².